The maximum Gasteiger partial charge on any atom is 0.270 e. The van der Waals surface area contributed by atoms with Gasteiger partial charge in [-0.2, -0.15) is 0 Å². The Morgan fingerprint density at radius 1 is 1.56 bits per heavy atom. The van der Waals surface area contributed by atoms with Crippen LogP contribution < -0.4 is 5.73 Å². The fourth-order valence-corrected chi connectivity index (χ4v) is 3.40. The lowest BCUT2D eigenvalue weighted by atomic mass is 10.2. The SMILES string of the molecule is CC(N)CCS(=O)Cc1ccc([N+](=O)[O-])cc1Br. The molecule has 0 bridgehead atoms. The summed E-state index contributed by atoms with van der Waals surface area (Å²) in [7, 11) is -0.999. The van der Waals surface area contributed by atoms with Crippen LogP contribution in [0.2, 0.25) is 0 Å². The number of rotatable bonds is 6. The second-order valence-electron chi connectivity index (χ2n) is 4.09. The highest BCUT2D eigenvalue weighted by molar-refractivity contribution is 9.10. The molecule has 0 aromatic heterocycles. The summed E-state index contributed by atoms with van der Waals surface area (Å²) in [5.74, 6) is 0.923. The fourth-order valence-electron chi connectivity index (χ4n) is 1.33. The lowest BCUT2D eigenvalue weighted by molar-refractivity contribution is -0.384. The molecule has 0 spiro atoms. The molecule has 18 heavy (non-hydrogen) atoms. The van der Waals surface area contributed by atoms with E-state index in [9.17, 15) is 14.3 Å². The molecule has 1 aromatic rings. The van der Waals surface area contributed by atoms with E-state index in [-0.39, 0.29) is 11.7 Å². The number of nitro groups is 1. The lowest BCUT2D eigenvalue weighted by Gasteiger charge is -2.06. The van der Waals surface area contributed by atoms with Crippen molar-refractivity contribution in [2.75, 3.05) is 5.75 Å². The van der Waals surface area contributed by atoms with Gasteiger partial charge in [0.05, 0.1) is 4.92 Å². The number of hydrogen-bond donors (Lipinski definition) is 1. The molecule has 1 rings (SSSR count). The normalized spacial score (nSPS) is 14.2. The Labute approximate surface area is 116 Å². The van der Waals surface area contributed by atoms with E-state index in [0.717, 1.165) is 5.56 Å². The van der Waals surface area contributed by atoms with E-state index in [2.05, 4.69) is 15.9 Å². The molecule has 0 aliphatic heterocycles. The number of halogens is 1. The number of non-ortho nitro benzene ring substituents is 1. The zero-order valence-electron chi connectivity index (χ0n) is 9.97. The van der Waals surface area contributed by atoms with Crippen LogP contribution in [0, 0.1) is 10.1 Å². The van der Waals surface area contributed by atoms with E-state index in [1.165, 1.54) is 12.1 Å². The van der Waals surface area contributed by atoms with Crippen molar-refractivity contribution in [2.45, 2.75) is 25.1 Å². The maximum absolute atomic E-state index is 11.8. The highest BCUT2D eigenvalue weighted by Gasteiger charge is 2.11. The maximum atomic E-state index is 11.8. The Morgan fingerprint density at radius 2 is 2.22 bits per heavy atom. The standard InChI is InChI=1S/C11H15BrN2O3S/c1-8(13)4-5-18(17)7-9-2-3-10(14(15)16)6-11(9)12/h2-3,6,8H,4-5,7,13H2,1H3. The van der Waals surface area contributed by atoms with Crippen LogP contribution in [0.25, 0.3) is 0 Å². The van der Waals surface area contributed by atoms with Crippen molar-refractivity contribution < 1.29 is 9.13 Å². The smallest absolute Gasteiger partial charge is 0.270 e. The van der Waals surface area contributed by atoms with Gasteiger partial charge in [-0.1, -0.05) is 22.0 Å². The Hall–Kier alpha value is -0.790. The van der Waals surface area contributed by atoms with Crippen LogP contribution in [0.4, 0.5) is 5.69 Å². The predicted molar refractivity (Wildman–Crippen MR) is 75.8 cm³/mol. The third-order valence-electron chi connectivity index (χ3n) is 2.36. The van der Waals surface area contributed by atoms with E-state index in [1.54, 1.807) is 6.07 Å². The van der Waals surface area contributed by atoms with Crippen LogP contribution in [0.15, 0.2) is 22.7 Å². The second-order valence-corrected chi connectivity index (χ2v) is 6.52. The summed E-state index contributed by atoms with van der Waals surface area (Å²) in [5.41, 5.74) is 6.43. The minimum absolute atomic E-state index is 0.0204. The summed E-state index contributed by atoms with van der Waals surface area (Å²) < 4.78 is 12.4. The average Bonchev–Trinajstić information content (AvgIpc) is 2.29. The second kappa shape index (κ2) is 6.96. The monoisotopic (exact) mass is 334 g/mol. The van der Waals surface area contributed by atoms with Gasteiger partial charge in [-0.05, 0) is 18.9 Å². The van der Waals surface area contributed by atoms with Gasteiger partial charge in [0.15, 0.2) is 0 Å². The summed E-state index contributed by atoms with van der Waals surface area (Å²) in [6.07, 6.45) is 0.706. The Bertz CT molecular complexity index is 466. The summed E-state index contributed by atoms with van der Waals surface area (Å²) in [6.45, 7) is 1.87. The van der Waals surface area contributed by atoms with Gasteiger partial charge in [0.2, 0.25) is 0 Å². The molecule has 2 N–H and O–H groups in total. The minimum Gasteiger partial charge on any atom is -0.328 e. The number of benzene rings is 1. The zero-order chi connectivity index (χ0) is 13.7. The number of nitrogens with zero attached hydrogens (tertiary/aromatic N) is 1. The zero-order valence-corrected chi connectivity index (χ0v) is 12.4. The molecule has 0 saturated heterocycles. The van der Waals surface area contributed by atoms with E-state index >= 15 is 0 Å². The molecule has 0 aliphatic rings. The largest absolute Gasteiger partial charge is 0.328 e. The number of hydrogen-bond acceptors (Lipinski definition) is 4. The molecule has 2 unspecified atom stereocenters. The van der Waals surface area contributed by atoms with E-state index < -0.39 is 15.7 Å². The van der Waals surface area contributed by atoms with Crippen molar-refractivity contribution in [1.29, 1.82) is 0 Å². The van der Waals surface area contributed by atoms with Crippen molar-refractivity contribution in [3.8, 4) is 0 Å². The minimum atomic E-state index is -0.999. The van der Waals surface area contributed by atoms with E-state index in [0.29, 0.717) is 22.4 Å². The highest BCUT2D eigenvalue weighted by Crippen LogP contribution is 2.24. The molecule has 0 heterocycles. The van der Waals surface area contributed by atoms with Crippen LogP contribution in [0.3, 0.4) is 0 Å². The van der Waals surface area contributed by atoms with E-state index in [4.69, 9.17) is 5.73 Å². The summed E-state index contributed by atoms with van der Waals surface area (Å²) in [6, 6.07) is 4.52. The molecule has 7 heteroatoms. The van der Waals surface area contributed by atoms with Crippen molar-refractivity contribution in [2.24, 2.45) is 5.73 Å². The van der Waals surface area contributed by atoms with Gasteiger partial charge >= 0.3 is 0 Å². The van der Waals surface area contributed by atoms with Crippen LogP contribution >= 0.6 is 15.9 Å². The molecule has 0 saturated carbocycles. The molecule has 0 fully saturated rings. The third-order valence-corrected chi connectivity index (χ3v) is 4.43. The highest BCUT2D eigenvalue weighted by atomic mass is 79.9. The first-order valence-corrected chi connectivity index (χ1v) is 7.71. The van der Waals surface area contributed by atoms with Crippen LogP contribution in [0.5, 0.6) is 0 Å². The van der Waals surface area contributed by atoms with Gasteiger partial charge in [0, 0.05) is 45.0 Å². The Kier molecular flexibility index (Phi) is 5.90. The fraction of sp³-hybridized carbons (Fsp3) is 0.455. The third kappa shape index (κ3) is 4.83. The topological polar surface area (TPSA) is 86.2 Å². The van der Waals surface area contributed by atoms with Gasteiger partial charge in [0.1, 0.15) is 0 Å². The molecular formula is C11H15BrN2O3S. The molecule has 0 radical (unpaired) electrons. The average molecular weight is 335 g/mol. The van der Waals surface area contributed by atoms with Crippen molar-refractivity contribution in [1.82, 2.24) is 0 Å². The van der Waals surface area contributed by atoms with Gasteiger partial charge in [-0.3, -0.25) is 14.3 Å². The first-order valence-electron chi connectivity index (χ1n) is 5.43. The van der Waals surface area contributed by atoms with Crippen LogP contribution in [0.1, 0.15) is 18.9 Å². The van der Waals surface area contributed by atoms with Crippen LogP contribution in [-0.2, 0) is 16.6 Å². The first-order chi connectivity index (χ1) is 8.40. The molecule has 0 aliphatic carbocycles. The lowest BCUT2D eigenvalue weighted by Crippen LogP contribution is -2.18. The molecule has 100 valence electrons. The summed E-state index contributed by atoms with van der Waals surface area (Å²) >= 11 is 3.26. The molecule has 0 amide bonds. The molecule has 5 nitrogen and oxygen atoms in total. The van der Waals surface area contributed by atoms with Crippen LogP contribution in [-0.4, -0.2) is 20.9 Å². The van der Waals surface area contributed by atoms with Gasteiger partial charge < -0.3 is 5.73 Å². The van der Waals surface area contributed by atoms with Gasteiger partial charge in [0.25, 0.3) is 5.69 Å². The van der Waals surface area contributed by atoms with Crippen molar-refractivity contribution >= 4 is 32.4 Å². The first kappa shape index (κ1) is 15.3. The quantitative estimate of drug-likeness (QED) is 0.639. The molecule has 1 aromatic carbocycles. The Morgan fingerprint density at radius 3 is 2.72 bits per heavy atom. The summed E-state index contributed by atoms with van der Waals surface area (Å²) in [5, 5.41) is 10.6. The number of nitrogens with two attached hydrogens (primary N) is 1. The van der Waals surface area contributed by atoms with Crippen molar-refractivity contribution in [3.05, 3.63) is 38.3 Å². The van der Waals surface area contributed by atoms with Gasteiger partial charge in [-0.15, -0.1) is 0 Å². The van der Waals surface area contributed by atoms with Crippen molar-refractivity contribution in [3.63, 3.8) is 0 Å². The molecular weight excluding hydrogens is 320 g/mol. The summed E-state index contributed by atoms with van der Waals surface area (Å²) in [4.78, 5) is 10.1. The number of nitro benzene ring substituents is 1. The predicted octanol–water partition coefficient (Wildman–Crippen LogP) is 2.34. The Balaban J connectivity index is 2.68. The van der Waals surface area contributed by atoms with Gasteiger partial charge in [-0.25, -0.2) is 0 Å². The molecule has 2 atom stereocenters. The van der Waals surface area contributed by atoms with E-state index in [1.807, 2.05) is 6.92 Å².